The third-order valence-corrected chi connectivity index (χ3v) is 4.12. The summed E-state index contributed by atoms with van der Waals surface area (Å²) in [6.45, 7) is 0.350. The maximum absolute atomic E-state index is 11.1. The van der Waals surface area contributed by atoms with Crippen molar-refractivity contribution in [3.05, 3.63) is 62.5 Å². The Bertz CT molecular complexity index is 647. The quantitative estimate of drug-likeness (QED) is 0.795. The van der Waals surface area contributed by atoms with E-state index in [9.17, 15) is 4.79 Å². The van der Waals surface area contributed by atoms with Gasteiger partial charge in [-0.2, -0.15) is 0 Å². The Kier molecular flexibility index (Phi) is 5.51. The molecule has 0 aliphatic heterocycles. The monoisotopic (exact) mass is 387 g/mol. The van der Waals surface area contributed by atoms with Gasteiger partial charge in [-0.25, -0.2) is 0 Å². The van der Waals surface area contributed by atoms with Gasteiger partial charge in [-0.15, -0.1) is 0 Å². The molecule has 0 fully saturated rings. The summed E-state index contributed by atoms with van der Waals surface area (Å²) in [5.74, 6) is -0.893. The predicted molar refractivity (Wildman–Crippen MR) is 89.3 cm³/mol. The van der Waals surface area contributed by atoms with Gasteiger partial charge in [-0.05, 0) is 42.0 Å². The average Bonchev–Trinajstić information content (AvgIpc) is 2.41. The summed E-state index contributed by atoms with van der Waals surface area (Å²) in [7, 11) is 0. The summed E-state index contributed by atoms with van der Waals surface area (Å²) in [5, 5.41) is 10.3. The fourth-order valence-corrected chi connectivity index (χ4v) is 2.84. The lowest BCUT2D eigenvalue weighted by Gasteiger charge is -2.23. The number of halogens is 3. The van der Waals surface area contributed by atoms with E-state index in [0.717, 1.165) is 15.7 Å². The Morgan fingerprint density at radius 3 is 2.29 bits per heavy atom. The molecular formula is C15H12BrCl2NO2. The number of carboxylic acid groups (broad SMARTS) is 1. The van der Waals surface area contributed by atoms with Gasteiger partial charge in [0.05, 0.1) is 0 Å². The van der Waals surface area contributed by atoms with Crippen molar-refractivity contribution in [3.8, 4) is 0 Å². The van der Waals surface area contributed by atoms with Crippen molar-refractivity contribution in [3.63, 3.8) is 0 Å². The predicted octanol–water partition coefficient (Wildman–Crippen LogP) is 4.85. The lowest BCUT2D eigenvalue weighted by Crippen LogP contribution is -2.29. The van der Waals surface area contributed by atoms with Crippen molar-refractivity contribution in [2.24, 2.45) is 0 Å². The van der Waals surface area contributed by atoms with Crippen LogP contribution in [0.5, 0.6) is 0 Å². The van der Waals surface area contributed by atoms with Gasteiger partial charge >= 0.3 is 5.97 Å². The highest BCUT2D eigenvalue weighted by Gasteiger charge is 2.13. The summed E-state index contributed by atoms with van der Waals surface area (Å²) in [6, 6.07) is 12.5. The van der Waals surface area contributed by atoms with Crippen LogP contribution in [0.3, 0.4) is 0 Å². The van der Waals surface area contributed by atoms with E-state index in [1.165, 1.54) is 0 Å². The first-order valence-electron chi connectivity index (χ1n) is 6.12. The number of nitrogens with zero attached hydrogens (tertiary/aromatic N) is 1. The van der Waals surface area contributed by atoms with Crippen LogP contribution in [0.15, 0.2) is 46.9 Å². The molecule has 6 heteroatoms. The molecule has 1 N–H and O–H groups in total. The smallest absolute Gasteiger partial charge is 0.323 e. The Morgan fingerprint density at radius 1 is 1.10 bits per heavy atom. The van der Waals surface area contributed by atoms with Crippen molar-refractivity contribution in [1.82, 2.24) is 0 Å². The topological polar surface area (TPSA) is 40.5 Å². The number of anilines is 1. The highest BCUT2D eigenvalue weighted by Crippen LogP contribution is 2.25. The Hall–Kier alpha value is -1.23. The van der Waals surface area contributed by atoms with Crippen LogP contribution < -0.4 is 4.90 Å². The van der Waals surface area contributed by atoms with E-state index >= 15 is 0 Å². The second-order valence-corrected chi connectivity index (χ2v) is 6.19. The SMILES string of the molecule is O=C(O)CN(Cc1ccc(Cl)cc1Br)c1ccc(Cl)cc1. The number of carboxylic acids is 1. The largest absolute Gasteiger partial charge is 0.480 e. The molecule has 0 saturated heterocycles. The van der Waals surface area contributed by atoms with Gasteiger partial charge in [0.15, 0.2) is 0 Å². The molecule has 2 rings (SSSR count). The highest BCUT2D eigenvalue weighted by atomic mass is 79.9. The molecule has 0 aromatic heterocycles. The third-order valence-electron chi connectivity index (χ3n) is 2.89. The standard InChI is InChI=1S/C15H12BrCl2NO2/c16-14-7-12(18)2-1-10(14)8-19(9-15(20)21)13-5-3-11(17)4-6-13/h1-7H,8-9H2,(H,20,21). The molecule has 0 aliphatic rings. The highest BCUT2D eigenvalue weighted by molar-refractivity contribution is 9.10. The zero-order valence-corrected chi connectivity index (χ0v) is 14.0. The molecule has 0 radical (unpaired) electrons. The van der Waals surface area contributed by atoms with E-state index < -0.39 is 5.97 Å². The van der Waals surface area contributed by atoms with Gasteiger partial charge in [0.1, 0.15) is 6.54 Å². The molecule has 0 bridgehead atoms. The number of rotatable bonds is 5. The Morgan fingerprint density at radius 2 is 1.71 bits per heavy atom. The maximum Gasteiger partial charge on any atom is 0.323 e. The zero-order valence-electron chi connectivity index (χ0n) is 10.9. The molecule has 2 aromatic carbocycles. The first-order valence-corrected chi connectivity index (χ1v) is 7.67. The number of benzene rings is 2. The molecule has 0 spiro atoms. The van der Waals surface area contributed by atoms with Crippen molar-refractivity contribution < 1.29 is 9.90 Å². The molecule has 0 heterocycles. The molecule has 3 nitrogen and oxygen atoms in total. The van der Waals surface area contributed by atoms with E-state index in [4.69, 9.17) is 28.3 Å². The van der Waals surface area contributed by atoms with Crippen LogP contribution in [0.4, 0.5) is 5.69 Å². The number of hydrogen-bond donors (Lipinski definition) is 1. The molecular weight excluding hydrogens is 377 g/mol. The van der Waals surface area contributed by atoms with Crippen LogP contribution in [0.1, 0.15) is 5.56 Å². The van der Waals surface area contributed by atoms with Crippen LogP contribution in [0.25, 0.3) is 0 Å². The van der Waals surface area contributed by atoms with Crippen LogP contribution in [-0.2, 0) is 11.3 Å². The van der Waals surface area contributed by atoms with Gasteiger partial charge in [0.25, 0.3) is 0 Å². The van der Waals surface area contributed by atoms with Crippen LogP contribution >= 0.6 is 39.1 Å². The minimum absolute atomic E-state index is 0.100. The fraction of sp³-hybridized carbons (Fsp3) is 0.133. The molecule has 0 saturated carbocycles. The first-order chi connectivity index (χ1) is 9.95. The van der Waals surface area contributed by atoms with Crippen molar-refractivity contribution in [2.75, 3.05) is 11.4 Å². The summed E-state index contributed by atoms with van der Waals surface area (Å²) in [6.07, 6.45) is 0. The average molecular weight is 389 g/mol. The molecule has 110 valence electrons. The zero-order chi connectivity index (χ0) is 15.4. The van der Waals surface area contributed by atoms with Gasteiger partial charge in [-0.3, -0.25) is 4.79 Å². The van der Waals surface area contributed by atoms with Crippen molar-refractivity contribution in [1.29, 1.82) is 0 Å². The van der Waals surface area contributed by atoms with E-state index in [1.807, 2.05) is 6.07 Å². The minimum Gasteiger partial charge on any atom is -0.480 e. The summed E-state index contributed by atoms with van der Waals surface area (Å²) in [5.41, 5.74) is 1.75. The normalized spacial score (nSPS) is 10.4. The lowest BCUT2D eigenvalue weighted by atomic mass is 10.2. The number of hydrogen-bond acceptors (Lipinski definition) is 2. The molecule has 2 aromatic rings. The summed E-state index contributed by atoms with van der Waals surface area (Å²) in [4.78, 5) is 12.8. The fourth-order valence-electron chi connectivity index (χ4n) is 1.91. The third kappa shape index (κ3) is 4.63. The Balaban J connectivity index is 2.27. The van der Waals surface area contributed by atoms with E-state index in [0.29, 0.717) is 16.6 Å². The Labute approximate surface area is 141 Å². The molecule has 21 heavy (non-hydrogen) atoms. The lowest BCUT2D eigenvalue weighted by molar-refractivity contribution is -0.135. The van der Waals surface area contributed by atoms with Gasteiger partial charge in [-0.1, -0.05) is 45.2 Å². The van der Waals surface area contributed by atoms with E-state index in [1.54, 1.807) is 41.3 Å². The van der Waals surface area contributed by atoms with E-state index in [-0.39, 0.29) is 6.54 Å². The van der Waals surface area contributed by atoms with Gasteiger partial charge < -0.3 is 10.0 Å². The second-order valence-electron chi connectivity index (χ2n) is 4.46. The minimum atomic E-state index is -0.893. The summed E-state index contributed by atoms with van der Waals surface area (Å²) < 4.78 is 0.847. The van der Waals surface area contributed by atoms with Crippen LogP contribution in [0, 0.1) is 0 Å². The number of aliphatic carboxylic acids is 1. The van der Waals surface area contributed by atoms with Gasteiger partial charge in [0.2, 0.25) is 0 Å². The summed E-state index contributed by atoms with van der Waals surface area (Å²) >= 11 is 15.2. The maximum atomic E-state index is 11.1. The molecule has 0 aliphatic carbocycles. The molecule has 0 unspecified atom stereocenters. The van der Waals surface area contributed by atoms with Crippen LogP contribution in [-0.4, -0.2) is 17.6 Å². The van der Waals surface area contributed by atoms with Gasteiger partial charge in [0, 0.05) is 26.8 Å². The number of carbonyl (C=O) groups is 1. The molecule has 0 atom stereocenters. The molecule has 0 amide bonds. The van der Waals surface area contributed by atoms with Crippen LogP contribution in [0.2, 0.25) is 10.0 Å². The second kappa shape index (κ2) is 7.16. The van der Waals surface area contributed by atoms with Crippen molar-refractivity contribution in [2.45, 2.75) is 6.54 Å². The van der Waals surface area contributed by atoms with E-state index in [2.05, 4.69) is 15.9 Å². The van der Waals surface area contributed by atoms with Crippen molar-refractivity contribution >= 4 is 50.8 Å². The first kappa shape index (κ1) is 16.1.